The van der Waals surface area contributed by atoms with Crippen molar-refractivity contribution in [3.05, 3.63) is 100 Å². The van der Waals surface area contributed by atoms with Gasteiger partial charge in [-0.15, -0.1) is 0 Å². The van der Waals surface area contributed by atoms with Crippen LogP contribution in [0.5, 0.6) is 5.75 Å². The maximum atomic E-state index is 14.0. The molecule has 2 aliphatic rings. The molecule has 7 heteroatoms. The van der Waals surface area contributed by atoms with Gasteiger partial charge in [-0.2, -0.15) is 0 Å². The quantitative estimate of drug-likeness (QED) is 0.336. The Morgan fingerprint density at radius 2 is 1.75 bits per heavy atom. The number of nitrogens with one attached hydrogen (secondary N) is 1. The molecule has 204 valence electrons. The van der Waals surface area contributed by atoms with Crippen LogP contribution in [-0.4, -0.2) is 42.9 Å². The van der Waals surface area contributed by atoms with Crippen LogP contribution in [0.15, 0.2) is 66.7 Å². The predicted octanol–water partition coefficient (Wildman–Crippen LogP) is 5.20. The van der Waals surface area contributed by atoms with Crippen molar-refractivity contribution in [1.82, 2.24) is 15.2 Å². The molecule has 2 heterocycles. The molecule has 0 radical (unpaired) electrons. The first-order valence-corrected chi connectivity index (χ1v) is 13.8. The molecule has 0 bridgehead atoms. The van der Waals surface area contributed by atoms with Gasteiger partial charge < -0.3 is 19.9 Å². The van der Waals surface area contributed by atoms with Crippen molar-refractivity contribution >= 4 is 28.5 Å². The third kappa shape index (κ3) is 4.99. The van der Waals surface area contributed by atoms with E-state index in [1.807, 2.05) is 72.4 Å². The molecule has 0 fully saturated rings. The second-order valence-electron chi connectivity index (χ2n) is 10.9. The molecule has 0 saturated carbocycles. The molecule has 2 amide bonds. The highest BCUT2D eigenvalue weighted by molar-refractivity contribution is 5.99. The van der Waals surface area contributed by atoms with Crippen LogP contribution >= 0.6 is 0 Å². The van der Waals surface area contributed by atoms with Crippen LogP contribution in [-0.2, 0) is 30.7 Å². The van der Waals surface area contributed by atoms with E-state index < -0.39 is 0 Å². The van der Waals surface area contributed by atoms with E-state index in [4.69, 9.17) is 9.72 Å². The Morgan fingerprint density at radius 1 is 1.00 bits per heavy atom. The fourth-order valence-electron chi connectivity index (χ4n) is 5.96. The molecule has 0 spiro atoms. The SMILES string of the molecule is COc1ccc(CN(Cc2cc3cc4c(cc3nc2N(C)C)CCC4)C(=O)CC2NC(=O)c3ccccc32)cc1. The van der Waals surface area contributed by atoms with Gasteiger partial charge in [0, 0.05) is 43.7 Å². The van der Waals surface area contributed by atoms with Crippen LogP contribution in [0.1, 0.15) is 57.1 Å². The summed E-state index contributed by atoms with van der Waals surface area (Å²) < 4.78 is 5.33. The summed E-state index contributed by atoms with van der Waals surface area (Å²) in [5.74, 6) is 1.47. The summed E-state index contributed by atoms with van der Waals surface area (Å²) in [6.07, 6.45) is 3.58. The summed E-state index contributed by atoms with van der Waals surface area (Å²) in [5, 5.41) is 4.11. The fourth-order valence-corrected chi connectivity index (χ4v) is 5.96. The van der Waals surface area contributed by atoms with Gasteiger partial charge in [0.2, 0.25) is 5.91 Å². The van der Waals surface area contributed by atoms with Gasteiger partial charge in [-0.05, 0) is 77.9 Å². The van der Waals surface area contributed by atoms with Crippen LogP contribution in [0.3, 0.4) is 0 Å². The molecule has 1 aliphatic carbocycles. The monoisotopic (exact) mass is 534 g/mol. The van der Waals surface area contributed by atoms with E-state index in [0.717, 1.165) is 52.0 Å². The largest absolute Gasteiger partial charge is 0.497 e. The first kappa shape index (κ1) is 25.9. The lowest BCUT2D eigenvalue weighted by Crippen LogP contribution is -2.34. The second kappa shape index (κ2) is 10.6. The Morgan fingerprint density at radius 3 is 2.50 bits per heavy atom. The van der Waals surface area contributed by atoms with Crippen molar-refractivity contribution in [2.75, 3.05) is 26.1 Å². The van der Waals surface area contributed by atoms with Crippen LogP contribution in [0.25, 0.3) is 10.9 Å². The number of rotatable bonds is 8. The average molecular weight is 535 g/mol. The number of aryl methyl sites for hydroxylation is 2. The molecule has 1 aliphatic heterocycles. The highest BCUT2D eigenvalue weighted by Gasteiger charge is 2.31. The zero-order valence-electron chi connectivity index (χ0n) is 23.2. The zero-order chi connectivity index (χ0) is 27.8. The van der Waals surface area contributed by atoms with Gasteiger partial charge in [-0.1, -0.05) is 30.3 Å². The van der Waals surface area contributed by atoms with Gasteiger partial charge in [0.25, 0.3) is 5.91 Å². The minimum atomic E-state index is -0.347. The molecule has 6 rings (SSSR count). The van der Waals surface area contributed by atoms with Crippen molar-refractivity contribution in [3.63, 3.8) is 0 Å². The van der Waals surface area contributed by atoms with Crippen molar-refractivity contribution < 1.29 is 14.3 Å². The first-order chi connectivity index (χ1) is 19.4. The lowest BCUT2D eigenvalue weighted by atomic mass is 10.0. The second-order valence-corrected chi connectivity index (χ2v) is 10.9. The topological polar surface area (TPSA) is 74.8 Å². The average Bonchev–Trinajstić information content (AvgIpc) is 3.54. The minimum Gasteiger partial charge on any atom is -0.497 e. The van der Waals surface area contributed by atoms with Gasteiger partial charge in [0.1, 0.15) is 11.6 Å². The number of benzene rings is 3. The molecular weight excluding hydrogens is 500 g/mol. The third-order valence-electron chi connectivity index (χ3n) is 8.02. The normalized spacial score (nSPS) is 15.5. The molecule has 1 N–H and O–H groups in total. The standard InChI is InChI=1S/C33H34N4O3/c1-36(2)32-25(16-24-15-22-7-6-8-23(22)17-29(24)34-32)20-37(19-21-11-13-26(40-3)14-12-21)31(38)18-30-27-9-4-5-10-28(27)33(39)35-30/h4-5,9-17,30H,6-8,18-20H2,1-3H3,(H,35,39). The lowest BCUT2D eigenvalue weighted by Gasteiger charge is -2.27. The predicted molar refractivity (Wildman–Crippen MR) is 157 cm³/mol. The zero-order valence-corrected chi connectivity index (χ0v) is 23.2. The van der Waals surface area contributed by atoms with Crippen LogP contribution in [0.2, 0.25) is 0 Å². The van der Waals surface area contributed by atoms with Crippen LogP contribution in [0.4, 0.5) is 5.82 Å². The number of methoxy groups -OCH3 is 1. The van der Waals surface area contributed by atoms with E-state index in [1.165, 1.54) is 17.5 Å². The van der Waals surface area contributed by atoms with Crippen molar-refractivity contribution in [3.8, 4) is 5.75 Å². The minimum absolute atomic E-state index is 0.0309. The summed E-state index contributed by atoms with van der Waals surface area (Å²) in [4.78, 5) is 35.4. The maximum absolute atomic E-state index is 14.0. The number of carbonyl (C=O) groups is 2. The number of aromatic nitrogens is 1. The third-order valence-corrected chi connectivity index (χ3v) is 8.02. The Balaban J connectivity index is 1.34. The number of pyridine rings is 1. The van der Waals surface area contributed by atoms with Gasteiger partial charge in [0.05, 0.1) is 25.1 Å². The van der Waals surface area contributed by atoms with E-state index in [1.54, 1.807) is 7.11 Å². The summed E-state index contributed by atoms with van der Waals surface area (Å²) in [6.45, 7) is 0.834. The van der Waals surface area contributed by atoms with Gasteiger partial charge in [-0.25, -0.2) is 4.98 Å². The molecule has 1 aromatic heterocycles. The lowest BCUT2D eigenvalue weighted by molar-refractivity contribution is -0.133. The number of hydrogen-bond donors (Lipinski definition) is 1. The van der Waals surface area contributed by atoms with Crippen LogP contribution in [0, 0.1) is 0 Å². The van der Waals surface area contributed by atoms with Crippen molar-refractivity contribution in [2.45, 2.75) is 44.8 Å². The van der Waals surface area contributed by atoms with Gasteiger partial charge in [-0.3, -0.25) is 9.59 Å². The van der Waals surface area contributed by atoms with Gasteiger partial charge in [0.15, 0.2) is 0 Å². The van der Waals surface area contributed by atoms with Gasteiger partial charge >= 0.3 is 0 Å². The first-order valence-electron chi connectivity index (χ1n) is 13.8. The fraction of sp³-hybridized carbons (Fsp3) is 0.303. The van der Waals surface area contributed by atoms with Crippen molar-refractivity contribution in [2.24, 2.45) is 0 Å². The smallest absolute Gasteiger partial charge is 0.252 e. The maximum Gasteiger partial charge on any atom is 0.252 e. The molecule has 7 nitrogen and oxygen atoms in total. The number of amides is 2. The Bertz CT molecular complexity index is 1600. The summed E-state index contributed by atoms with van der Waals surface area (Å²) in [5.41, 5.74) is 7.30. The van der Waals surface area contributed by atoms with Crippen LogP contribution < -0.4 is 15.0 Å². The number of nitrogens with zero attached hydrogens (tertiary/aromatic N) is 3. The highest BCUT2D eigenvalue weighted by atomic mass is 16.5. The highest BCUT2D eigenvalue weighted by Crippen LogP contribution is 2.32. The number of hydrogen-bond acceptors (Lipinski definition) is 5. The molecule has 1 atom stereocenters. The Hall–Kier alpha value is -4.39. The summed E-state index contributed by atoms with van der Waals surface area (Å²) >= 11 is 0. The number of carbonyl (C=O) groups excluding carboxylic acids is 2. The van der Waals surface area contributed by atoms with E-state index in [9.17, 15) is 9.59 Å². The molecule has 0 saturated heterocycles. The molecular formula is C33H34N4O3. The Kier molecular flexibility index (Phi) is 6.88. The molecule has 4 aromatic rings. The Labute approximate surface area is 234 Å². The van der Waals surface area contributed by atoms with E-state index in [-0.39, 0.29) is 24.3 Å². The number of ether oxygens (including phenoxy) is 1. The number of fused-ring (bicyclic) bond motifs is 3. The van der Waals surface area contributed by atoms with E-state index >= 15 is 0 Å². The number of anilines is 1. The molecule has 3 aromatic carbocycles. The summed E-state index contributed by atoms with van der Waals surface area (Å²) in [6, 6.07) is 21.6. The van der Waals surface area contributed by atoms with Crippen molar-refractivity contribution in [1.29, 1.82) is 0 Å². The van der Waals surface area contributed by atoms with E-state index in [0.29, 0.717) is 18.7 Å². The summed E-state index contributed by atoms with van der Waals surface area (Å²) in [7, 11) is 5.63. The molecule has 40 heavy (non-hydrogen) atoms. The van der Waals surface area contributed by atoms with E-state index in [2.05, 4.69) is 23.5 Å². The molecule has 1 unspecified atom stereocenters.